The number of benzene rings is 2. The van der Waals surface area contributed by atoms with E-state index in [1.807, 2.05) is 46.2 Å². The van der Waals surface area contributed by atoms with Crippen LogP contribution in [0.1, 0.15) is 17.0 Å². The molecule has 1 aromatic heterocycles. The summed E-state index contributed by atoms with van der Waals surface area (Å²) in [6.07, 6.45) is 0.697. The van der Waals surface area contributed by atoms with E-state index in [9.17, 15) is 4.79 Å². The van der Waals surface area contributed by atoms with Gasteiger partial charge in [-0.25, -0.2) is 0 Å². The molecule has 0 unspecified atom stereocenters. The Morgan fingerprint density at radius 3 is 2.30 bits per heavy atom. The SMILES string of the molecule is COCCN1CCN(c2nnc(Cc3ccccc3)n2Cc2ccccc2)CC1=O. The molecule has 7 nitrogen and oxygen atoms in total. The van der Waals surface area contributed by atoms with Gasteiger partial charge in [0, 0.05) is 33.2 Å². The first kappa shape index (κ1) is 20.1. The number of rotatable bonds is 8. The van der Waals surface area contributed by atoms with E-state index in [1.165, 1.54) is 11.1 Å². The molecule has 156 valence electrons. The molecule has 0 aliphatic carbocycles. The Morgan fingerprint density at radius 1 is 0.933 bits per heavy atom. The second kappa shape index (κ2) is 9.54. The van der Waals surface area contributed by atoms with Crippen LogP contribution < -0.4 is 4.90 Å². The number of piperazine rings is 1. The van der Waals surface area contributed by atoms with E-state index in [0.717, 1.165) is 18.3 Å². The number of aromatic nitrogens is 3. The topological polar surface area (TPSA) is 63.5 Å². The van der Waals surface area contributed by atoms with Crippen molar-refractivity contribution < 1.29 is 9.53 Å². The lowest BCUT2D eigenvalue weighted by Crippen LogP contribution is -2.52. The Morgan fingerprint density at radius 2 is 1.63 bits per heavy atom. The second-order valence-corrected chi connectivity index (χ2v) is 7.45. The molecule has 3 aromatic rings. The Hall–Kier alpha value is -3.19. The lowest BCUT2D eigenvalue weighted by atomic mass is 10.1. The molecule has 0 atom stereocenters. The normalized spacial score (nSPS) is 14.4. The fourth-order valence-corrected chi connectivity index (χ4v) is 3.71. The molecule has 1 saturated heterocycles. The lowest BCUT2D eigenvalue weighted by Gasteiger charge is -2.34. The van der Waals surface area contributed by atoms with E-state index in [2.05, 4.69) is 39.0 Å². The van der Waals surface area contributed by atoms with E-state index in [-0.39, 0.29) is 5.91 Å². The summed E-state index contributed by atoms with van der Waals surface area (Å²) in [6.45, 7) is 3.55. The van der Waals surface area contributed by atoms with Crippen LogP contribution >= 0.6 is 0 Å². The van der Waals surface area contributed by atoms with Gasteiger partial charge < -0.3 is 14.5 Å². The van der Waals surface area contributed by atoms with Gasteiger partial charge in [0.25, 0.3) is 0 Å². The van der Waals surface area contributed by atoms with Gasteiger partial charge in [-0.2, -0.15) is 0 Å². The fraction of sp³-hybridized carbons (Fsp3) is 0.348. The zero-order valence-electron chi connectivity index (χ0n) is 17.3. The third-order valence-corrected chi connectivity index (χ3v) is 5.36. The van der Waals surface area contributed by atoms with Gasteiger partial charge in [-0.15, -0.1) is 10.2 Å². The molecule has 0 bridgehead atoms. The maximum atomic E-state index is 12.6. The van der Waals surface area contributed by atoms with Crippen LogP contribution in [0.3, 0.4) is 0 Å². The number of anilines is 1. The van der Waals surface area contributed by atoms with Gasteiger partial charge in [0.2, 0.25) is 11.9 Å². The largest absolute Gasteiger partial charge is 0.383 e. The molecule has 1 fully saturated rings. The summed E-state index contributed by atoms with van der Waals surface area (Å²) >= 11 is 0. The molecule has 0 saturated carbocycles. The van der Waals surface area contributed by atoms with Crippen molar-refractivity contribution in [2.24, 2.45) is 0 Å². The highest BCUT2D eigenvalue weighted by molar-refractivity contribution is 5.82. The number of amides is 1. The van der Waals surface area contributed by atoms with Crippen molar-refractivity contribution in [1.29, 1.82) is 0 Å². The number of ether oxygens (including phenoxy) is 1. The summed E-state index contributed by atoms with van der Waals surface area (Å²) in [6, 6.07) is 20.6. The molecular weight excluding hydrogens is 378 g/mol. The molecule has 4 rings (SSSR count). The third kappa shape index (κ3) is 4.68. The summed E-state index contributed by atoms with van der Waals surface area (Å²) in [5, 5.41) is 9.00. The van der Waals surface area contributed by atoms with Crippen LogP contribution in [-0.2, 0) is 22.5 Å². The van der Waals surface area contributed by atoms with Crippen molar-refractivity contribution in [3.63, 3.8) is 0 Å². The fourth-order valence-electron chi connectivity index (χ4n) is 3.71. The van der Waals surface area contributed by atoms with Crippen LogP contribution in [0.5, 0.6) is 0 Å². The molecule has 30 heavy (non-hydrogen) atoms. The summed E-state index contributed by atoms with van der Waals surface area (Å²) < 4.78 is 7.26. The maximum absolute atomic E-state index is 12.6. The summed E-state index contributed by atoms with van der Waals surface area (Å²) in [4.78, 5) is 16.5. The molecule has 0 spiro atoms. The molecule has 1 amide bonds. The quantitative estimate of drug-likeness (QED) is 0.575. The van der Waals surface area contributed by atoms with Crippen molar-refractivity contribution >= 4 is 11.9 Å². The van der Waals surface area contributed by atoms with Gasteiger partial charge in [-0.05, 0) is 11.1 Å². The van der Waals surface area contributed by atoms with Crippen LogP contribution in [0.15, 0.2) is 60.7 Å². The highest BCUT2D eigenvalue weighted by atomic mass is 16.5. The van der Waals surface area contributed by atoms with Crippen LogP contribution in [0.25, 0.3) is 0 Å². The van der Waals surface area contributed by atoms with E-state index in [1.54, 1.807) is 7.11 Å². The van der Waals surface area contributed by atoms with Gasteiger partial charge in [0.15, 0.2) is 0 Å². The van der Waals surface area contributed by atoms with Crippen LogP contribution in [0.2, 0.25) is 0 Å². The maximum Gasteiger partial charge on any atom is 0.242 e. The molecule has 0 radical (unpaired) electrons. The number of hydrogen-bond acceptors (Lipinski definition) is 5. The van der Waals surface area contributed by atoms with Crippen molar-refractivity contribution in [1.82, 2.24) is 19.7 Å². The van der Waals surface area contributed by atoms with Crippen molar-refractivity contribution in [2.45, 2.75) is 13.0 Å². The Bertz CT molecular complexity index is 958. The van der Waals surface area contributed by atoms with Gasteiger partial charge >= 0.3 is 0 Å². The van der Waals surface area contributed by atoms with E-state index >= 15 is 0 Å². The van der Waals surface area contributed by atoms with Crippen molar-refractivity contribution in [3.05, 3.63) is 77.6 Å². The van der Waals surface area contributed by atoms with E-state index < -0.39 is 0 Å². The number of carbonyl (C=O) groups is 1. The van der Waals surface area contributed by atoms with Crippen LogP contribution in [0, 0.1) is 0 Å². The van der Waals surface area contributed by atoms with E-state index in [0.29, 0.717) is 39.2 Å². The highest BCUT2D eigenvalue weighted by Crippen LogP contribution is 2.20. The van der Waals surface area contributed by atoms with Crippen molar-refractivity contribution in [2.75, 3.05) is 44.8 Å². The number of methoxy groups -OCH3 is 1. The minimum atomic E-state index is 0.0946. The molecule has 2 aromatic carbocycles. The Balaban J connectivity index is 1.58. The number of nitrogens with zero attached hydrogens (tertiary/aromatic N) is 5. The minimum absolute atomic E-state index is 0.0946. The van der Waals surface area contributed by atoms with Gasteiger partial charge in [0.05, 0.1) is 19.7 Å². The zero-order chi connectivity index (χ0) is 20.8. The molecule has 0 N–H and O–H groups in total. The average Bonchev–Trinajstić information content (AvgIpc) is 3.16. The predicted molar refractivity (Wildman–Crippen MR) is 115 cm³/mol. The highest BCUT2D eigenvalue weighted by Gasteiger charge is 2.27. The summed E-state index contributed by atoms with van der Waals surface area (Å²) in [5.41, 5.74) is 2.36. The van der Waals surface area contributed by atoms with Crippen molar-refractivity contribution in [3.8, 4) is 0 Å². The first-order valence-corrected chi connectivity index (χ1v) is 10.3. The van der Waals surface area contributed by atoms with E-state index in [4.69, 9.17) is 4.74 Å². The number of hydrogen-bond donors (Lipinski definition) is 0. The molecular formula is C23H27N5O2. The molecule has 7 heteroatoms. The second-order valence-electron chi connectivity index (χ2n) is 7.45. The standard InChI is InChI=1S/C23H27N5O2/c1-30-15-14-26-12-13-27(18-22(26)29)23-25-24-21(16-19-8-4-2-5-9-19)28(23)17-20-10-6-3-7-11-20/h2-11H,12-18H2,1H3. The van der Waals surface area contributed by atoms with Crippen LogP contribution in [-0.4, -0.2) is 65.5 Å². The zero-order valence-corrected chi connectivity index (χ0v) is 17.3. The molecule has 1 aliphatic rings. The Labute approximate surface area is 176 Å². The predicted octanol–water partition coefficient (Wildman–Crippen LogP) is 2.21. The number of carbonyl (C=O) groups excluding carboxylic acids is 1. The van der Waals surface area contributed by atoms with Gasteiger partial charge in [-0.3, -0.25) is 9.36 Å². The monoisotopic (exact) mass is 405 g/mol. The smallest absolute Gasteiger partial charge is 0.242 e. The summed E-state index contributed by atoms with van der Waals surface area (Å²) in [7, 11) is 1.65. The first-order valence-electron chi connectivity index (χ1n) is 10.3. The third-order valence-electron chi connectivity index (χ3n) is 5.36. The molecule has 2 heterocycles. The van der Waals surface area contributed by atoms with Gasteiger partial charge in [-0.1, -0.05) is 60.7 Å². The lowest BCUT2D eigenvalue weighted by molar-refractivity contribution is -0.131. The molecule has 1 aliphatic heterocycles. The minimum Gasteiger partial charge on any atom is -0.383 e. The average molecular weight is 406 g/mol. The first-order chi connectivity index (χ1) is 14.7. The van der Waals surface area contributed by atoms with Gasteiger partial charge in [0.1, 0.15) is 5.82 Å². The Kier molecular flexibility index (Phi) is 6.39. The van der Waals surface area contributed by atoms with Crippen LogP contribution in [0.4, 0.5) is 5.95 Å². The summed E-state index contributed by atoms with van der Waals surface area (Å²) in [5.74, 6) is 1.75.